The van der Waals surface area contributed by atoms with Crippen LogP contribution in [0.4, 0.5) is 14.5 Å². The first kappa shape index (κ1) is 20.9. The Bertz CT molecular complexity index is 835. The third-order valence-corrected chi connectivity index (χ3v) is 5.45. The summed E-state index contributed by atoms with van der Waals surface area (Å²) in [6.07, 6.45) is 1.72. The summed E-state index contributed by atoms with van der Waals surface area (Å²) >= 11 is 0. The molecule has 7 nitrogen and oxygen atoms in total. The van der Waals surface area contributed by atoms with E-state index in [1.165, 1.54) is 13.8 Å². The highest BCUT2D eigenvalue weighted by atomic mass is 19.2. The van der Waals surface area contributed by atoms with Gasteiger partial charge in [-0.25, -0.2) is 13.6 Å². The second kappa shape index (κ2) is 8.26. The minimum atomic E-state index is -1.27. The standard InChI is InChI=1S/C20H22F2N2O5/c1-10(24-18(26)13-5-3-4-6-14(13)19(24)27)20(28)29-11(2)17(25)23-12-7-8-15(21)16(22)9-12/h7-11,13-14H,3-6H2,1-2H3,(H,23,25)/t10-,11+,13-,14+/m0/s1. The summed E-state index contributed by atoms with van der Waals surface area (Å²) in [6.45, 7) is 2.68. The monoisotopic (exact) mass is 408 g/mol. The Balaban J connectivity index is 1.61. The summed E-state index contributed by atoms with van der Waals surface area (Å²) < 4.78 is 31.3. The highest BCUT2D eigenvalue weighted by molar-refractivity contribution is 6.08. The van der Waals surface area contributed by atoms with Crippen LogP contribution in [0.1, 0.15) is 39.5 Å². The normalized spacial score (nSPS) is 23.4. The summed E-state index contributed by atoms with van der Waals surface area (Å²) in [6, 6.07) is 1.66. The first-order valence-corrected chi connectivity index (χ1v) is 9.54. The molecule has 3 rings (SSSR count). The van der Waals surface area contributed by atoms with Crippen molar-refractivity contribution >= 4 is 29.4 Å². The van der Waals surface area contributed by atoms with Crippen LogP contribution in [0, 0.1) is 23.5 Å². The largest absolute Gasteiger partial charge is 0.451 e. The molecule has 0 spiro atoms. The fraction of sp³-hybridized carbons (Fsp3) is 0.500. The van der Waals surface area contributed by atoms with E-state index in [1.807, 2.05) is 0 Å². The fourth-order valence-electron chi connectivity index (χ4n) is 3.82. The molecule has 1 aliphatic carbocycles. The van der Waals surface area contributed by atoms with Gasteiger partial charge in [-0.2, -0.15) is 0 Å². The SMILES string of the molecule is C[C@@H](OC(=O)[C@H](C)N1C(=O)[C@H]2CCCC[C@H]2C1=O)C(=O)Nc1ccc(F)c(F)c1. The number of likely N-dealkylation sites (tertiary alicyclic amines) is 1. The van der Waals surface area contributed by atoms with Crippen molar-refractivity contribution < 1.29 is 32.7 Å². The highest BCUT2D eigenvalue weighted by Crippen LogP contribution is 2.38. The number of amides is 3. The number of nitrogens with one attached hydrogen (secondary N) is 1. The number of hydrogen-bond acceptors (Lipinski definition) is 5. The van der Waals surface area contributed by atoms with Crippen LogP contribution < -0.4 is 5.32 Å². The van der Waals surface area contributed by atoms with E-state index < -0.39 is 35.7 Å². The van der Waals surface area contributed by atoms with Gasteiger partial charge in [0.15, 0.2) is 17.7 Å². The highest BCUT2D eigenvalue weighted by Gasteiger charge is 2.51. The number of ether oxygens (including phenoxy) is 1. The van der Waals surface area contributed by atoms with E-state index in [0.29, 0.717) is 12.8 Å². The first-order chi connectivity index (χ1) is 13.7. The molecule has 1 aliphatic heterocycles. The third-order valence-electron chi connectivity index (χ3n) is 5.45. The van der Waals surface area contributed by atoms with Crippen LogP contribution in [0.25, 0.3) is 0 Å². The molecule has 0 bridgehead atoms. The van der Waals surface area contributed by atoms with Crippen LogP contribution in [0.3, 0.4) is 0 Å². The van der Waals surface area contributed by atoms with Crippen LogP contribution in [-0.2, 0) is 23.9 Å². The number of fused-ring (bicyclic) bond motifs is 1. The van der Waals surface area contributed by atoms with Gasteiger partial charge >= 0.3 is 5.97 Å². The molecule has 1 aromatic rings. The maximum Gasteiger partial charge on any atom is 0.329 e. The van der Waals surface area contributed by atoms with Gasteiger partial charge in [0.25, 0.3) is 5.91 Å². The van der Waals surface area contributed by atoms with E-state index in [0.717, 1.165) is 35.9 Å². The van der Waals surface area contributed by atoms with E-state index in [9.17, 15) is 28.0 Å². The molecule has 4 atom stereocenters. The zero-order chi connectivity index (χ0) is 21.3. The van der Waals surface area contributed by atoms with Crippen LogP contribution in [-0.4, -0.2) is 40.7 Å². The quantitative estimate of drug-likeness (QED) is 0.597. The molecule has 156 valence electrons. The fourth-order valence-corrected chi connectivity index (χ4v) is 3.82. The van der Waals surface area contributed by atoms with Gasteiger partial charge in [0.1, 0.15) is 6.04 Å². The van der Waals surface area contributed by atoms with Gasteiger partial charge in [-0.15, -0.1) is 0 Å². The predicted octanol–water partition coefficient (Wildman–Crippen LogP) is 2.40. The minimum absolute atomic E-state index is 0.00109. The number of imide groups is 1. The molecule has 1 saturated heterocycles. The Morgan fingerprint density at radius 2 is 1.66 bits per heavy atom. The molecule has 3 amide bonds. The first-order valence-electron chi connectivity index (χ1n) is 9.54. The number of esters is 1. The molecule has 0 aromatic heterocycles. The van der Waals surface area contributed by atoms with Crippen molar-refractivity contribution in [1.82, 2.24) is 4.90 Å². The third kappa shape index (κ3) is 4.13. The predicted molar refractivity (Wildman–Crippen MR) is 97.3 cm³/mol. The molecule has 1 saturated carbocycles. The molecule has 1 heterocycles. The number of halogens is 2. The van der Waals surface area contributed by atoms with Gasteiger partial charge < -0.3 is 10.1 Å². The van der Waals surface area contributed by atoms with Gasteiger partial charge in [-0.05, 0) is 38.8 Å². The molecule has 0 unspecified atom stereocenters. The van der Waals surface area contributed by atoms with Crippen molar-refractivity contribution in [2.75, 3.05) is 5.32 Å². The molecule has 1 aromatic carbocycles. The number of benzene rings is 1. The summed E-state index contributed by atoms with van der Waals surface area (Å²) in [4.78, 5) is 50.7. The van der Waals surface area contributed by atoms with Gasteiger partial charge in [-0.1, -0.05) is 12.8 Å². The second-order valence-corrected chi connectivity index (χ2v) is 7.42. The van der Waals surface area contributed by atoms with E-state index in [2.05, 4.69) is 5.32 Å². The average Bonchev–Trinajstić information content (AvgIpc) is 2.95. The Morgan fingerprint density at radius 1 is 1.07 bits per heavy atom. The molecule has 2 aliphatic rings. The number of hydrogen-bond donors (Lipinski definition) is 1. The number of carbonyl (C=O) groups excluding carboxylic acids is 4. The number of nitrogens with zero attached hydrogens (tertiary/aromatic N) is 1. The summed E-state index contributed by atoms with van der Waals surface area (Å²) in [7, 11) is 0. The molecule has 29 heavy (non-hydrogen) atoms. The average molecular weight is 408 g/mol. The van der Waals surface area contributed by atoms with Crippen molar-refractivity contribution in [2.45, 2.75) is 51.7 Å². The molecule has 2 fully saturated rings. The topological polar surface area (TPSA) is 92.8 Å². The maximum absolute atomic E-state index is 13.2. The van der Waals surface area contributed by atoms with Crippen LogP contribution >= 0.6 is 0 Å². The Labute approximate surface area is 166 Å². The molecule has 0 radical (unpaired) electrons. The summed E-state index contributed by atoms with van der Waals surface area (Å²) in [5.74, 6) is -5.36. The smallest absolute Gasteiger partial charge is 0.329 e. The van der Waals surface area contributed by atoms with Crippen molar-refractivity contribution in [3.05, 3.63) is 29.8 Å². The van der Waals surface area contributed by atoms with Gasteiger partial charge in [0, 0.05) is 11.8 Å². The van der Waals surface area contributed by atoms with Crippen molar-refractivity contribution in [3.63, 3.8) is 0 Å². The van der Waals surface area contributed by atoms with Crippen LogP contribution in [0.5, 0.6) is 0 Å². The lowest BCUT2D eigenvalue weighted by Gasteiger charge is -2.23. The number of anilines is 1. The van der Waals surface area contributed by atoms with E-state index in [-0.39, 0.29) is 29.3 Å². The van der Waals surface area contributed by atoms with Gasteiger partial charge in [-0.3, -0.25) is 19.3 Å². The van der Waals surface area contributed by atoms with E-state index in [4.69, 9.17) is 4.74 Å². The van der Waals surface area contributed by atoms with E-state index >= 15 is 0 Å². The van der Waals surface area contributed by atoms with Crippen molar-refractivity contribution in [2.24, 2.45) is 11.8 Å². The minimum Gasteiger partial charge on any atom is -0.451 e. The molecule has 9 heteroatoms. The lowest BCUT2D eigenvalue weighted by Crippen LogP contribution is -2.46. The zero-order valence-electron chi connectivity index (χ0n) is 16.1. The molecular weight excluding hydrogens is 386 g/mol. The molecular formula is C20H22F2N2O5. The van der Waals surface area contributed by atoms with E-state index in [1.54, 1.807) is 0 Å². The second-order valence-electron chi connectivity index (χ2n) is 7.42. The Morgan fingerprint density at radius 3 is 2.21 bits per heavy atom. The van der Waals surface area contributed by atoms with Crippen LogP contribution in [0.15, 0.2) is 18.2 Å². The lowest BCUT2D eigenvalue weighted by molar-refractivity contribution is -0.163. The lowest BCUT2D eigenvalue weighted by atomic mass is 9.81. The Kier molecular flexibility index (Phi) is 5.95. The number of carbonyl (C=O) groups is 4. The van der Waals surface area contributed by atoms with Crippen molar-refractivity contribution in [3.8, 4) is 0 Å². The maximum atomic E-state index is 13.2. The van der Waals surface area contributed by atoms with Gasteiger partial charge in [0.05, 0.1) is 11.8 Å². The van der Waals surface area contributed by atoms with Crippen molar-refractivity contribution in [1.29, 1.82) is 0 Å². The Hall–Kier alpha value is -2.84. The van der Waals surface area contributed by atoms with Crippen LogP contribution in [0.2, 0.25) is 0 Å². The number of rotatable bonds is 5. The zero-order valence-corrected chi connectivity index (χ0v) is 16.1. The van der Waals surface area contributed by atoms with Gasteiger partial charge in [0.2, 0.25) is 11.8 Å². The molecule has 1 N–H and O–H groups in total. The summed E-state index contributed by atoms with van der Waals surface area (Å²) in [5.41, 5.74) is -0.00109. The summed E-state index contributed by atoms with van der Waals surface area (Å²) in [5, 5.41) is 2.31.